The van der Waals surface area contributed by atoms with Crippen molar-refractivity contribution in [3.8, 4) is 0 Å². The Morgan fingerprint density at radius 2 is 1.86 bits per heavy atom. The molecule has 3 saturated heterocycles. The molecule has 196 valence electrons. The van der Waals surface area contributed by atoms with Crippen LogP contribution in [0.1, 0.15) is 60.3 Å². The summed E-state index contributed by atoms with van der Waals surface area (Å²) >= 11 is 0. The number of aliphatic hydroxyl groups excluding tert-OH is 1. The van der Waals surface area contributed by atoms with Crippen molar-refractivity contribution in [3.63, 3.8) is 0 Å². The highest BCUT2D eigenvalue weighted by Crippen LogP contribution is 2.64. The smallest absolute Gasteiger partial charge is 0.248 e. The van der Waals surface area contributed by atoms with E-state index in [0.29, 0.717) is 38.9 Å². The maximum Gasteiger partial charge on any atom is 0.248 e. The molecule has 2 bridgehead atoms. The normalized spacial score (nSPS) is 32.0. The summed E-state index contributed by atoms with van der Waals surface area (Å²) < 4.78 is 6.70. The molecule has 0 aromatic carbocycles. The summed E-state index contributed by atoms with van der Waals surface area (Å²) in [5.74, 6) is -2.03. The van der Waals surface area contributed by atoms with Gasteiger partial charge in [0.25, 0.3) is 0 Å². The molecule has 0 aromatic rings. The summed E-state index contributed by atoms with van der Waals surface area (Å²) in [5.41, 5.74) is -1.91. The van der Waals surface area contributed by atoms with Crippen LogP contribution in [0.15, 0.2) is 25.3 Å². The van der Waals surface area contributed by atoms with E-state index in [-0.39, 0.29) is 30.4 Å². The van der Waals surface area contributed by atoms with Gasteiger partial charge in [0.1, 0.15) is 11.6 Å². The zero-order valence-corrected chi connectivity index (χ0v) is 22.0. The van der Waals surface area contributed by atoms with Gasteiger partial charge in [-0.25, -0.2) is 0 Å². The Balaban J connectivity index is 2.14. The van der Waals surface area contributed by atoms with Crippen molar-refractivity contribution in [2.45, 2.75) is 89.6 Å². The van der Waals surface area contributed by atoms with Gasteiger partial charge in [-0.3, -0.25) is 14.4 Å². The number of amides is 3. The van der Waals surface area contributed by atoms with Gasteiger partial charge in [-0.2, -0.15) is 0 Å². The van der Waals surface area contributed by atoms with Crippen molar-refractivity contribution < 1.29 is 24.2 Å². The molecule has 8 nitrogen and oxygen atoms in total. The highest BCUT2D eigenvalue weighted by atomic mass is 16.5. The molecule has 0 aromatic heterocycles. The van der Waals surface area contributed by atoms with Crippen molar-refractivity contribution in [2.24, 2.45) is 11.8 Å². The summed E-state index contributed by atoms with van der Waals surface area (Å²) in [7, 11) is 0. The number of fused-ring (bicyclic) bond motifs is 1. The Labute approximate surface area is 210 Å². The molecule has 1 N–H and O–H groups in total. The van der Waals surface area contributed by atoms with Gasteiger partial charge in [-0.05, 0) is 46.5 Å². The monoisotopic (exact) mass is 489 g/mol. The second kappa shape index (κ2) is 10.4. The molecule has 0 radical (unpaired) electrons. The number of aliphatic hydroxyl groups is 1. The lowest BCUT2D eigenvalue weighted by Gasteiger charge is -2.40. The highest BCUT2D eigenvalue weighted by Gasteiger charge is 2.78. The maximum atomic E-state index is 14.1. The average molecular weight is 490 g/mol. The molecule has 8 heteroatoms. The fourth-order valence-electron chi connectivity index (χ4n) is 6.59. The van der Waals surface area contributed by atoms with E-state index in [2.05, 4.69) is 13.2 Å². The number of rotatable bonds is 12. The predicted octanol–water partition coefficient (Wildman–Crippen LogP) is 2.37. The summed E-state index contributed by atoms with van der Waals surface area (Å²) in [4.78, 5) is 47.2. The molecule has 3 aliphatic heterocycles. The average Bonchev–Trinajstić information content (AvgIpc) is 3.38. The predicted molar refractivity (Wildman–Crippen MR) is 134 cm³/mol. The first-order valence-electron chi connectivity index (χ1n) is 13.0. The SMILES string of the molecule is C=CCN(CCC)C(=O)[C@H]1[C@H]2C(=O)N([C@@H](CC)CO)C(C(=O)N(CC=C)C(C)C)C23CC[C@]1(C)O3. The molecule has 0 saturated carbocycles. The molecule has 3 rings (SSSR count). The maximum absolute atomic E-state index is 14.1. The fourth-order valence-corrected chi connectivity index (χ4v) is 6.59. The molecule has 6 atom stereocenters. The molecule has 2 unspecified atom stereocenters. The summed E-state index contributed by atoms with van der Waals surface area (Å²) in [6.45, 7) is 18.3. The topological polar surface area (TPSA) is 90.4 Å². The van der Waals surface area contributed by atoms with E-state index in [0.717, 1.165) is 6.42 Å². The first-order valence-corrected chi connectivity index (χ1v) is 13.0. The standard InChI is InChI=1S/C27H43N3O5/c1-8-14-28(15-9-2)23(32)20-21-24(33)30(19(11-4)17-31)22(25(34)29(16-10-3)18(5)6)27(21)13-12-26(20,7)35-27/h8,10,18-22,31H,1,3,9,11-17H2,2,4-7H3/t19-,20+,21-,22?,26-,27?/m0/s1. The molecular weight excluding hydrogens is 446 g/mol. The molecule has 3 aliphatic rings. The fraction of sp³-hybridized carbons (Fsp3) is 0.741. The van der Waals surface area contributed by atoms with Gasteiger partial charge in [-0.1, -0.05) is 26.0 Å². The second-order valence-electron chi connectivity index (χ2n) is 10.7. The molecule has 3 heterocycles. The number of hydrogen-bond donors (Lipinski definition) is 1. The van der Waals surface area contributed by atoms with Crippen LogP contribution in [0.25, 0.3) is 0 Å². The number of hydrogen-bond acceptors (Lipinski definition) is 5. The zero-order chi connectivity index (χ0) is 26.1. The van der Waals surface area contributed by atoms with Crippen LogP contribution in [0.2, 0.25) is 0 Å². The van der Waals surface area contributed by atoms with E-state index in [1.165, 1.54) is 0 Å². The largest absolute Gasteiger partial charge is 0.394 e. The molecule has 1 spiro atoms. The summed E-state index contributed by atoms with van der Waals surface area (Å²) in [6, 6.07) is -1.53. The number of ether oxygens (including phenoxy) is 1. The van der Waals surface area contributed by atoms with Crippen molar-refractivity contribution in [2.75, 3.05) is 26.2 Å². The van der Waals surface area contributed by atoms with Gasteiger partial charge in [0, 0.05) is 25.7 Å². The van der Waals surface area contributed by atoms with Crippen molar-refractivity contribution >= 4 is 17.7 Å². The van der Waals surface area contributed by atoms with E-state index in [9.17, 15) is 19.5 Å². The quantitative estimate of drug-likeness (QED) is 0.425. The molecular formula is C27H43N3O5. The van der Waals surface area contributed by atoms with Gasteiger partial charge in [-0.15, -0.1) is 13.2 Å². The minimum Gasteiger partial charge on any atom is -0.394 e. The van der Waals surface area contributed by atoms with Crippen LogP contribution in [0.4, 0.5) is 0 Å². The van der Waals surface area contributed by atoms with Gasteiger partial charge in [0.05, 0.1) is 30.1 Å². The van der Waals surface area contributed by atoms with Gasteiger partial charge >= 0.3 is 0 Å². The van der Waals surface area contributed by atoms with E-state index in [1.807, 2.05) is 34.6 Å². The first-order chi connectivity index (χ1) is 16.6. The lowest BCUT2D eigenvalue weighted by Crippen LogP contribution is -2.59. The Morgan fingerprint density at radius 3 is 2.37 bits per heavy atom. The number of carbonyl (C=O) groups excluding carboxylic acids is 3. The van der Waals surface area contributed by atoms with Crippen LogP contribution in [-0.4, -0.2) is 93.1 Å². The van der Waals surface area contributed by atoms with Gasteiger partial charge in [0.2, 0.25) is 17.7 Å². The third-order valence-electron chi connectivity index (χ3n) is 8.18. The van der Waals surface area contributed by atoms with E-state index >= 15 is 0 Å². The number of likely N-dealkylation sites (tertiary alicyclic amines) is 1. The number of nitrogens with zero attached hydrogens (tertiary/aromatic N) is 3. The van der Waals surface area contributed by atoms with Crippen LogP contribution in [0.5, 0.6) is 0 Å². The van der Waals surface area contributed by atoms with Crippen LogP contribution in [0.3, 0.4) is 0 Å². The van der Waals surface area contributed by atoms with Gasteiger partial charge < -0.3 is 24.5 Å². The van der Waals surface area contributed by atoms with Gasteiger partial charge in [0.15, 0.2) is 0 Å². The third kappa shape index (κ3) is 4.22. The minimum atomic E-state index is -1.09. The Morgan fingerprint density at radius 1 is 1.20 bits per heavy atom. The van der Waals surface area contributed by atoms with Crippen LogP contribution >= 0.6 is 0 Å². The van der Waals surface area contributed by atoms with E-state index in [4.69, 9.17) is 4.74 Å². The Hall–Kier alpha value is -2.19. The van der Waals surface area contributed by atoms with E-state index < -0.39 is 35.1 Å². The zero-order valence-electron chi connectivity index (χ0n) is 22.0. The summed E-state index contributed by atoms with van der Waals surface area (Å²) in [6.07, 6.45) is 5.77. The number of carbonyl (C=O) groups is 3. The van der Waals surface area contributed by atoms with E-state index in [1.54, 1.807) is 26.9 Å². The Kier molecular flexibility index (Phi) is 8.16. The minimum absolute atomic E-state index is 0.110. The lowest BCUT2D eigenvalue weighted by atomic mass is 9.66. The molecule has 35 heavy (non-hydrogen) atoms. The van der Waals surface area contributed by atoms with Crippen LogP contribution in [-0.2, 0) is 19.1 Å². The van der Waals surface area contributed by atoms with Crippen molar-refractivity contribution in [3.05, 3.63) is 25.3 Å². The van der Waals surface area contributed by atoms with Crippen molar-refractivity contribution in [1.82, 2.24) is 14.7 Å². The molecule has 3 fully saturated rings. The summed E-state index contributed by atoms with van der Waals surface area (Å²) in [5, 5.41) is 10.2. The first kappa shape index (κ1) is 27.4. The molecule has 3 amide bonds. The van der Waals surface area contributed by atoms with Crippen LogP contribution < -0.4 is 0 Å². The highest BCUT2D eigenvalue weighted by molar-refractivity contribution is 5.99. The Bertz CT molecular complexity index is 856. The second-order valence-corrected chi connectivity index (χ2v) is 10.7. The van der Waals surface area contributed by atoms with Crippen molar-refractivity contribution in [1.29, 1.82) is 0 Å². The third-order valence-corrected chi connectivity index (χ3v) is 8.18. The van der Waals surface area contributed by atoms with Crippen LogP contribution in [0, 0.1) is 11.8 Å². The molecule has 0 aliphatic carbocycles. The lowest BCUT2D eigenvalue weighted by molar-refractivity contribution is -0.157.